The normalized spacial score (nSPS) is 12.8. The largest absolute Gasteiger partial charge is 0.511 e. The number of nitrogens with one attached hydrogen (secondary N) is 2. The summed E-state index contributed by atoms with van der Waals surface area (Å²) < 4.78 is 19.4. The van der Waals surface area contributed by atoms with Crippen LogP contribution in [0.2, 0.25) is 0 Å². The molecule has 0 rings (SSSR count). The summed E-state index contributed by atoms with van der Waals surface area (Å²) in [6, 6.07) is -0.0350. The Morgan fingerprint density at radius 3 is 2.33 bits per heavy atom. The maximum absolute atomic E-state index is 12.0. The number of carbonyl (C=O) groups excluding carboxylic acids is 4. The average Bonchev–Trinajstić information content (AvgIpc) is 2.68. The van der Waals surface area contributed by atoms with E-state index in [0.717, 1.165) is 12.2 Å². The lowest BCUT2D eigenvalue weighted by molar-refractivity contribution is -0.167. The van der Waals surface area contributed by atoms with Crippen LogP contribution in [0.4, 0.5) is 9.59 Å². The van der Waals surface area contributed by atoms with E-state index in [-0.39, 0.29) is 31.5 Å². The zero-order valence-electron chi connectivity index (χ0n) is 20.1. The molecule has 0 saturated carbocycles. The predicted octanol–water partition coefficient (Wildman–Crippen LogP) is 3.58. The number of thioether (sulfide) groups is 1. The summed E-state index contributed by atoms with van der Waals surface area (Å²) >= 11 is 1.70. The first-order valence-electron chi connectivity index (χ1n) is 10.5. The summed E-state index contributed by atoms with van der Waals surface area (Å²) in [6.45, 7) is 8.25. The number of rotatable bonds is 15. The number of hydrogen-bond acceptors (Lipinski definition) is 11. The van der Waals surface area contributed by atoms with Crippen molar-refractivity contribution >= 4 is 57.5 Å². The lowest BCUT2D eigenvalue weighted by Gasteiger charge is -2.23. The van der Waals surface area contributed by atoms with Crippen molar-refractivity contribution in [3.8, 4) is 0 Å². The van der Waals surface area contributed by atoms with E-state index in [0.29, 0.717) is 11.5 Å². The topological polar surface area (TPSA) is 129 Å². The van der Waals surface area contributed by atoms with Crippen molar-refractivity contribution in [3.63, 3.8) is 0 Å². The minimum atomic E-state index is -1.12. The van der Waals surface area contributed by atoms with E-state index in [9.17, 15) is 19.2 Å². The molecule has 0 aromatic rings. The number of amides is 2. The van der Waals surface area contributed by atoms with Gasteiger partial charge in [0, 0.05) is 30.9 Å². The van der Waals surface area contributed by atoms with Gasteiger partial charge in [-0.15, -0.1) is 0 Å². The molecule has 0 bridgehead atoms. The second kappa shape index (κ2) is 17.9. The first-order valence-corrected chi connectivity index (χ1v) is 14.4. The van der Waals surface area contributed by atoms with E-state index in [1.165, 1.54) is 17.7 Å². The van der Waals surface area contributed by atoms with Crippen molar-refractivity contribution in [2.75, 3.05) is 36.7 Å². The van der Waals surface area contributed by atoms with Crippen molar-refractivity contribution in [2.45, 2.75) is 65.4 Å². The summed E-state index contributed by atoms with van der Waals surface area (Å²) in [4.78, 5) is 46.7. The van der Waals surface area contributed by atoms with Gasteiger partial charge in [-0.2, -0.15) is 11.8 Å². The molecule has 0 heterocycles. The number of hydrogen-bond donors (Lipinski definition) is 2. The van der Waals surface area contributed by atoms with E-state index in [2.05, 4.69) is 15.4 Å². The zero-order valence-corrected chi connectivity index (χ0v) is 22.5. The van der Waals surface area contributed by atoms with Crippen LogP contribution in [0.15, 0.2) is 0 Å². The van der Waals surface area contributed by atoms with E-state index >= 15 is 0 Å². The first-order chi connectivity index (χ1) is 15.5. The molecule has 33 heavy (non-hydrogen) atoms. The number of alkyl carbamates (subject to hydrolysis) is 1. The molecule has 2 N–H and O–H groups in total. The maximum atomic E-state index is 12.0. The summed E-state index contributed by atoms with van der Waals surface area (Å²) in [7, 11) is 3.07. The summed E-state index contributed by atoms with van der Waals surface area (Å²) in [5.41, 5.74) is -0.554. The van der Waals surface area contributed by atoms with Gasteiger partial charge in [-0.25, -0.2) is 9.59 Å². The molecule has 0 saturated heterocycles. The molecule has 0 fully saturated rings. The average molecular weight is 529 g/mol. The van der Waals surface area contributed by atoms with Gasteiger partial charge in [0.15, 0.2) is 0 Å². The molecule has 0 radical (unpaired) electrons. The third-order valence-electron chi connectivity index (χ3n) is 3.41. The highest BCUT2D eigenvalue weighted by Gasteiger charge is 2.20. The molecule has 0 aromatic carbocycles. The molecule has 0 aliphatic carbocycles. The molecule has 10 nitrogen and oxygen atoms in total. The van der Waals surface area contributed by atoms with Gasteiger partial charge in [-0.3, -0.25) is 9.59 Å². The monoisotopic (exact) mass is 528 g/mol. The lowest BCUT2D eigenvalue weighted by Crippen LogP contribution is -2.40. The van der Waals surface area contributed by atoms with E-state index in [1.54, 1.807) is 29.5 Å². The molecule has 2 amide bonds. The van der Waals surface area contributed by atoms with Gasteiger partial charge in [-0.1, -0.05) is 21.6 Å². The molecule has 0 aliphatic heterocycles. The molecular weight excluding hydrogens is 492 g/mol. The van der Waals surface area contributed by atoms with Crippen LogP contribution in [0.3, 0.4) is 0 Å². The highest BCUT2D eigenvalue weighted by Crippen LogP contribution is 2.24. The minimum absolute atomic E-state index is 0.0350. The second-order valence-electron chi connectivity index (χ2n) is 7.62. The van der Waals surface area contributed by atoms with Gasteiger partial charge < -0.3 is 29.6 Å². The Morgan fingerprint density at radius 2 is 1.73 bits per heavy atom. The number of ether oxygens (including phenoxy) is 4. The highest BCUT2D eigenvalue weighted by molar-refractivity contribution is 8.76. The minimum Gasteiger partial charge on any atom is -0.444 e. The molecule has 13 heteroatoms. The Bertz CT molecular complexity index is 617. The molecule has 192 valence electrons. The number of esters is 1. The number of carbonyl (C=O) groups is 4. The van der Waals surface area contributed by atoms with Gasteiger partial charge in [0.05, 0.1) is 6.61 Å². The molecular formula is C20H36N2O8S3. The van der Waals surface area contributed by atoms with Crippen LogP contribution in [0.5, 0.6) is 0 Å². The van der Waals surface area contributed by atoms with E-state index in [1.807, 2.05) is 27.0 Å². The first kappa shape index (κ1) is 31.5. The Labute approximate surface area is 208 Å². The van der Waals surface area contributed by atoms with Crippen molar-refractivity contribution in [2.24, 2.45) is 0 Å². The van der Waals surface area contributed by atoms with E-state index < -0.39 is 30.1 Å². The van der Waals surface area contributed by atoms with Gasteiger partial charge >= 0.3 is 18.2 Å². The van der Waals surface area contributed by atoms with Crippen LogP contribution < -0.4 is 10.6 Å². The second-order valence-corrected chi connectivity index (χ2v) is 11.2. The van der Waals surface area contributed by atoms with Gasteiger partial charge in [0.1, 0.15) is 12.1 Å². The van der Waals surface area contributed by atoms with Gasteiger partial charge in [0.2, 0.25) is 12.2 Å². The fourth-order valence-electron chi connectivity index (χ4n) is 2.05. The summed E-state index contributed by atoms with van der Waals surface area (Å²) in [5.74, 6) is 1.09. The molecule has 0 aliphatic rings. The SMILES string of the molecule is CCOC(=O)OC(C)OC(=O)CNC(=O)CCSSC[C@H](CCSC)NC(=O)OC(C)(C)C. The standard InChI is InChI=1S/C20H36N2O8S3/c1-7-27-19(26)29-14(2)28-17(24)12-21-16(23)9-11-32-33-13-15(8-10-31-6)22-18(25)30-20(3,4)5/h14-15H,7-13H2,1-6H3,(H,21,23)(H,22,25)/t14?,15-/m0/s1. The van der Waals surface area contributed by atoms with Crippen molar-refractivity contribution in [3.05, 3.63) is 0 Å². The highest BCUT2D eigenvalue weighted by atomic mass is 33.1. The molecule has 1 unspecified atom stereocenters. The summed E-state index contributed by atoms with van der Waals surface area (Å²) in [6.07, 6.45) is 0.549. The van der Waals surface area contributed by atoms with Crippen LogP contribution >= 0.6 is 33.3 Å². The Kier molecular flexibility index (Phi) is 17.1. The van der Waals surface area contributed by atoms with Crippen LogP contribution in [0.1, 0.15) is 47.5 Å². The van der Waals surface area contributed by atoms with Crippen LogP contribution in [-0.4, -0.2) is 78.7 Å². The lowest BCUT2D eigenvalue weighted by atomic mass is 10.2. The third-order valence-corrected chi connectivity index (χ3v) is 6.54. The zero-order chi connectivity index (χ0) is 25.3. The van der Waals surface area contributed by atoms with Gasteiger partial charge in [-0.05, 0) is 46.1 Å². The summed E-state index contributed by atoms with van der Waals surface area (Å²) in [5, 5.41) is 5.35. The van der Waals surface area contributed by atoms with Crippen LogP contribution in [0.25, 0.3) is 0 Å². The Hall–Kier alpha value is -1.47. The van der Waals surface area contributed by atoms with Crippen molar-refractivity contribution in [1.82, 2.24) is 10.6 Å². The molecule has 0 spiro atoms. The molecule has 2 atom stereocenters. The smallest absolute Gasteiger partial charge is 0.444 e. The Morgan fingerprint density at radius 1 is 1.03 bits per heavy atom. The third kappa shape index (κ3) is 19.7. The quantitative estimate of drug-likeness (QED) is 0.106. The fraction of sp³-hybridized carbons (Fsp3) is 0.800. The fourth-order valence-corrected chi connectivity index (χ4v) is 4.85. The van der Waals surface area contributed by atoms with Crippen LogP contribution in [-0.2, 0) is 28.5 Å². The van der Waals surface area contributed by atoms with Gasteiger partial charge in [0.25, 0.3) is 0 Å². The van der Waals surface area contributed by atoms with Crippen molar-refractivity contribution in [1.29, 1.82) is 0 Å². The van der Waals surface area contributed by atoms with E-state index in [4.69, 9.17) is 14.2 Å². The van der Waals surface area contributed by atoms with Crippen molar-refractivity contribution < 1.29 is 38.1 Å². The Balaban J connectivity index is 4.08. The predicted molar refractivity (Wildman–Crippen MR) is 132 cm³/mol. The molecule has 0 aromatic heterocycles. The maximum Gasteiger partial charge on any atom is 0.511 e. The van der Waals surface area contributed by atoms with Crippen LogP contribution in [0, 0.1) is 0 Å².